The van der Waals surface area contributed by atoms with E-state index in [1.165, 1.54) is 24.9 Å². The molecule has 23 heavy (non-hydrogen) atoms. The van der Waals surface area contributed by atoms with Crippen LogP contribution in [0.2, 0.25) is 5.15 Å². The first kappa shape index (κ1) is 15.0. The number of fused-ring (bicyclic) bond motifs is 1. The van der Waals surface area contributed by atoms with Gasteiger partial charge in [0.05, 0.1) is 18.9 Å². The summed E-state index contributed by atoms with van der Waals surface area (Å²) in [6, 6.07) is 6.12. The molecule has 0 spiro atoms. The maximum absolute atomic E-state index is 6.10. The second-order valence-electron chi connectivity index (χ2n) is 6.15. The summed E-state index contributed by atoms with van der Waals surface area (Å²) >= 11 is 6.10. The Balaban J connectivity index is 1.80. The van der Waals surface area contributed by atoms with Gasteiger partial charge < -0.3 is 14.5 Å². The number of piperidine rings is 1. The molecule has 2 aliphatic rings. The van der Waals surface area contributed by atoms with Gasteiger partial charge in [0.25, 0.3) is 0 Å². The molecule has 0 N–H and O–H groups in total. The topological polar surface area (TPSA) is 41.5 Å². The Kier molecular flexibility index (Phi) is 4.23. The fourth-order valence-corrected chi connectivity index (χ4v) is 3.55. The SMILES string of the molecule is Clc1ccc2c(N3CCCCC3)cc(N3CCOCC3)nc2n1. The van der Waals surface area contributed by atoms with Crippen molar-refractivity contribution >= 4 is 34.1 Å². The lowest BCUT2D eigenvalue weighted by atomic mass is 10.1. The van der Waals surface area contributed by atoms with Gasteiger partial charge in [0.15, 0.2) is 5.65 Å². The molecule has 6 heteroatoms. The van der Waals surface area contributed by atoms with Gasteiger partial charge in [-0.1, -0.05) is 11.6 Å². The van der Waals surface area contributed by atoms with Gasteiger partial charge in [-0.3, -0.25) is 0 Å². The van der Waals surface area contributed by atoms with Crippen LogP contribution in [0.15, 0.2) is 18.2 Å². The number of rotatable bonds is 2. The van der Waals surface area contributed by atoms with Gasteiger partial charge in [-0.2, -0.15) is 0 Å². The van der Waals surface area contributed by atoms with Crippen LogP contribution in [0.3, 0.4) is 0 Å². The van der Waals surface area contributed by atoms with E-state index in [1.807, 2.05) is 12.1 Å². The highest BCUT2D eigenvalue weighted by molar-refractivity contribution is 6.29. The molecule has 2 saturated heterocycles. The molecule has 122 valence electrons. The summed E-state index contributed by atoms with van der Waals surface area (Å²) < 4.78 is 5.46. The normalized spacial score (nSPS) is 19.3. The molecule has 0 aliphatic carbocycles. The molecule has 0 radical (unpaired) electrons. The van der Waals surface area contributed by atoms with Gasteiger partial charge in [-0.05, 0) is 31.4 Å². The third kappa shape index (κ3) is 3.08. The third-order valence-electron chi connectivity index (χ3n) is 4.64. The highest BCUT2D eigenvalue weighted by atomic mass is 35.5. The number of morpholine rings is 1. The van der Waals surface area contributed by atoms with Crippen LogP contribution in [0.5, 0.6) is 0 Å². The molecule has 4 heterocycles. The lowest BCUT2D eigenvalue weighted by Crippen LogP contribution is -2.37. The zero-order chi connectivity index (χ0) is 15.6. The maximum atomic E-state index is 6.10. The summed E-state index contributed by atoms with van der Waals surface area (Å²) in [6.07, 6.45) is 3.81. The number of ether oxygens (including phenoxy) is 1. The molecular weight excluding hydrogens is 312 g/mol. The number of hydrogen-bond acceptors (Lipinski definition) is 5. The van der Waals surface area contributed by atoms with Crippen molar-refractivity contribution < 1.29 is 4.74 Å². The first-order valence-corrected chi connectivity index (χ1v) is 8.74. The minimum Gasteiger partial charge on any atom is -0.378 e. The summed E-state index contributed by atoms with van der Waals surface area (Å²) in [6.45, 7) is 5.45. The Bertz CT molecular complexity index is 696. The number of halogens is 1. The van der Waals surface area contributed by atoms with E-state index in [-0.39, 0.29) is 0 Å². The zero-order valence-electron chi connectivity index (χ0n) is 13.2. The van der Waals surface area contributed by atoms with Crippen LogP contribution in [-0.4, -0.2) is 49.4 Å². The van der Waals surface area contributed by atoms with Crippen LogP contribution in [0.4, 0.5) is 11.5 Å². The summed E-state index contributed by atoms with van der Waals surface area (Å²) in [7, 11) is 0. The molecule has 0 unspecified atom stereocenters. The number of nitrogens with zero attached hydrogens (tertiary/aromatic N) is 4. The Morgan fingerprint density at radius 3 is 2.48 bits per heavy atom. The summed E-state index contributed by atoms with van der Waals surface area (Å²) in [5, 5.41) is 1.59. The number of pyridine rings is 2. The second kappa shape index (κ2) is 6.49. The zero-order valence-corrected chi connectivity index (χ0v) is 13.9. The van der Waals surface area contributed by atoms with E-state index in [2.05, 4.69) is 20.9 Å². The number of hydrogen-bond donors (Lipinski definition) is 0. The smallest absolute Gasteiger partial charge is 0.165 e. The van der Waals surface area contributed by atoms with E-state index < -0.39 is 0 Å². The maximum Gasteiger partial charge on any atom is 0.165 e. The quantitative estimate of drug-likeness (QED) is 0.790. The molecule has 0 bridgehead atoms. The Morgan fingerprint density at radius 1 is 0.913 bits per heavy atom. The molecule has 0 amide bonds. The molecule has 4 rings (SSSR count). The van der Waals surface area contributed by atoms with Gasteiger partial charge in [-0.15, -0.1) is 0 Å². The predicted molar refractivity (Wildman–Crippen MR) is 93.6 cm³/mol. The van der Waals surface area contributed by atoms with E-state index in [4.69, 9.17) is 21.3 Å². The van der Waals surface area contributed by atoms with Crippen LogP contribution in [-0.2, 0) is 4.74 Å². The average molecular weight is 333 g/mol. The van der Waals surface area contributed by atoms with Gasteiger partial charge in [-0.25, -0.2) is 9.97 Å². The third-order valence-corrected chi connectivity index (χ3v) is 4.85. The lowest BCUT2D eigenvalue weighted by Gasteiger charge is -2.32. The Morgan fingerprint density at radius 2 is 1.70 bits per heavy atom. The average Bonchev–Trinajstić information content (AvgIpc) is 2.62. The van der Waals surface area contributed by atoms with Gasteiger partial charge in [0.1, 0.15) is 11.0 Å². The highest BCUT2D eigenvalue weighted by Crippen LogP contribution is 2.32. The summed E-state index contributed by atoms with van der Waals surface area (Å²) in [5.74, 6) is 0.983. The standard InChI is InChI=1S/C17H21ClN4O/c18-15-5-4-13-14(21-6-2-1-3-7-21)12-16(20-17(13)19-15)22-8-10-23-11-9-22/h4-5,12H,1-3,6-11H2. The Hall–Kier alpha value is -1.59. The van der Waals surface area contributed by atoms with Crippen LogP contribution in [0.1, 0.15) is 19.3 Å². The Labute approximate surface area is 141 Å². The van der Waals surface area contributed by atoms with Crippen molar-refractivity contribution in [2.45, 2.75) is 19.3 Å². The van der Waals surface area contributed by atoms with E-state index in [1.54, 1.807) is 0 Å². The highest BCUT2D eigenvalue weighted by Gasteiger charge is 2.19. The largest absolute Gasteiger partial charge is 0.378 e. The molecular formula is C17H21ClN4O. The molecule has 2 aliphatic heterocycles. The number of aromatic nitrogens is 2. The van der Waals surface area contributed by atoms with E-state index >= 15 is 0 Å². The van der Waals surface area contributed by atoms with Crippen molar-refractivity contribution in [2.24, 2.45) is 0 Å². The second-order valence-corrected chi connectivity index (χ2v) is 6.54. The molecule has 2 fully saturated rings. The van der Waals surface area contributed by atoms with Crippen molar-refractivity contribution in [2.75, 3.05) is 49.2 Å². The van der Waals surface area contributed by atoms with Crippen LogP contribution >= 0.6 is 11.6 Å². The molecule has 0 saturated carbocycles. The van der Waals surface area contributed by atoms with Crippen LogP contribution in [0.25, 0.3) is 11.0 Å². The van der Waals surface area contributed by atoms with E-state index in [9.17, 15) is 0 Å². The van der Waals surface area contributed by atoms with Gasteiger partial charge in [0.2, 0.25) is 0 Å². The molecule has 2 aromatic heterocycles. The minimum absolute atomic E-state index is 0.494. The van der Waals surface area contributed by atoms with E-state index in [0.29, 0.717) is 5.15 Å². The van der Waals surface area contributed by atoms with Crippen molar-refractivity contribution in [3.8, 4) is 0 Å². The first-order valence-electron chi connectivity index (χ1n) is 8.36. The van der Waals surface area contributed by atoms with Gasteiger partial charge in [0, 0.05) is 37.6 Å². The molecule has 0 aromatic carbocycles. The lowest BCUT2D eigenvalue weighted by molar-refractivity contribution is 0.122. The molecule has 0 atom stereocenters. The molecule has 5 nitrogen and oxygen atoms in total. The number of anilines is 2. The van der Waals surface area contributed by atoms with Crippen molar-refractivity contribution in [3.05, 3.63) is 23.4 Å². The summed E-state index contributed by atoms with van der Waals surface area (Å²) in [5.41, 5.74) is 1.97. The monoisotopic (exact) mass is 332 g/mol. The minimum atomic E-state index is 0.494. The summed E-state index contributed by atoms with van der Waals surface area (Å²) in [4.78, 5) is 14.0. The van der Waals surface area contributed by atoms with Crippen molar-refractivity contribution in [3.63, 3.8) is 0 Å². The van der Waals surface area contributed by atoms with Crippen molar-refractivity contribution in [1.82, 2.24) is 9.97 Å². The molecule has 2 aromatic rings. The predicted octanol–water partition coefficient (Wildman–Crippen LogP) is 3.11. The van der Waals surface area contributed by atoms with Crippen molar-refractivity contribution in [1.29, 1.82) is 0 Å². The fraction of sp³-hybridized carbons (Fsp3) is 0.529. The fourth-order valence-electron chi connectivity index (χ4n) is 3.40. The first-order chi connectivity index (χ1) is 11.3. The van der Waals surface area contributed by atoms with Crippen LogP contribution < -0.4 is 9.80 Å². The van der Waals surface area contributed by atoms with Gasteiger partial charge >= 0.3 is 0 Å². The van der Waals surface area contributed by atoms with E-state index in [0.717, 1.165) is 56.2 Å². The van der Waals surface area contributed by atoms with Crippen LogP contribution in [0, 0.1) is 0 Å².